The van der Waals surface area contributed by atoms with E-state index in [0.717, 1.165) is 25.1 Å². The Hall–Kier alpha value is -1.17. The van der Waals surface area contributed by atoms with Crippen LogP contribution in [0, 0.1) is 6.92 Å². The fourth-order valence-corrected chi connectivity index (χ4v) is 3.48. The van der Waals surface area contributed by atoms with Gasteiger partial charge in [0.05, 0.1) is 11.7 Å². The molecule has 0 aliphatic heterocycles. The molecule has 0 radical (unpaired) electrons. The maximum atomic E-state index is 5.76. The highest BCUT2D eigenvalue weighted by molar-refractivity contribution is 7.10. The highest BCUT2D eigenvalue weighted by Gasteiger charge is 2.17. The standard InChI is InChI=1S/C14H22N4S/c1-4-11-6-7-19-14(11)13(16-15)9-12-8-10(3)17-18(12)5-2/h6-8,13,16H,4-5,9,15H2,1-3H3. The third-order valence-electron chi connectivity index (χ3n) is 3.38. The summed E-state index contributed by atoms with van der Waals surface area (Å²) in [6, 6.07) is 4.50. The molecule has 2 aromatic rings. The van der Waals surface area contributed by atoms with Gasteiger partial charge in [0.1, 0.15) is 0 Å². The first-order valence-electron chi connectivity index (χ1n) is 6.75. The number of nitrogens with one attached hydrogen (secondary N) is 1. The SMILES string of the molecule is CCc1ccsc1C(Cc1cc(C)nn1CC)NN. The molecule has 0 bridgehead atoms. The van der Waals surface area contributed by atoms with Gasteiger partial charge in [0.25, 0.3) is 0 Å². The van der Waals surface area contributed by atoms with Crippen LogP contribution < -0.4 is 11.3 Å². The number of nitrogens with zero attached hydrogens (tertiary/aromatic N) is 2. The summed E-state index contributed by atoms with van der Waals surface area (Å²) in [7, 11) is 0. The van der Waals surface area contributed by atoms with Gasteiger partial charge in [-0.1, -0.05) is 6.92 Å². The van der Waals surface area contributed by atoms with Crippen LogP contribution in [0.15, 0.2) is 17.5 Å². The lowest BCUT2D eigenvalue weighted by atomic mass is 10.1. The Bertz CT molecular complexity index is 529. The van der Waals surface area contributed by atoms with Crippen LogP contribution in [0.2, 0.25) is 0 Å². The van der Waals surface area contributed by atoms with Crippen LogP contribution in [0.25, 0.3) is 0 Å². The van der Waals surface area contributed by atoms with E-state index >= 15 is 0 Å². The molecule has 0 saturated heterocycles. The maximum absolute atomic E-state index is 5.76. The lowest BCUT2D eigenvalue weighted by molar-refractivity contribution is 0.520. The molecule has 2 aromatic heterocycles. The Morgan fingerprint density at radius 2 is 2.26 bits per heavy atom. The number of hydrazine groups is 1. The molecule has 2 rings (SSSR count). The summed E-state index contributed by atoms with van der Waals surface area (Å²) in [4.78, 5) is 1.34. The van der Waals surface area contributed by atoms with Gasteiger partial charge in [-0.3, -0.25) is 16.0 Å². The number of nitrogens with two attached hydrogens (primary N) is 1. The molecule has 5 heteroatoms. The van der Waals surface area contributed by atoms with Gasteiger partial charge in [-0.25, -0.2) is 0 Å². The third kappa shape index (κ3) is 3.05. The van der Waals surface area contributed by atoms with Gasteiger partial charge in [-0.05, 0) is 43.3 Å². The zero-order valence-corrected chi connectivity index (χ0v) is 12.6. The van der Waals surface area contributed by atoms with Gasteiger partial charge >= 0.3 is 0 Å². The third-order valence-corrected chi connectivity index (χ3v) is 4.45. The maximum Gasteiger partial charge on any atom is 0.0611 e. The van der Waals surface area contributed by atoms with Gasteiger partial charge in [0.2, 0.25) is 0 Å². The van der Waals surface area contributed by atoms with E-state index in [4.69, 9.17) is 5.84 Å². The van der Waals surface area contributed by atoms with Crippen LogP contribution in [-0.4, -0.2) is 9.78 Å². The lowest BCUT2D eigenvalue weighted by Gasteiger charge is -2.16. The number of thiophene rings is 1. The molecule has 0 amide bonds. The molecule has 4 nitrogen and oxygen atoms in total. The second kappa shape index (κ2) is 6.32. The zero-order valence-electron chi connectivity index (χ0n) is 11.8. The predicted molar refractivity (Wildman–Crippen MR) is 80.1 cm³/mol. The van der Waals surface area contributed by atoms with Crippen LogP contribution in [0.1, 0.15) is 41.7 Å². The normalized spacial score (nSPS) is 12.8. The molecule has 3 N–H and O–H groups in total. The Morgan fingerprint density at radius 3 is 2.89 bits per heavy atom. The van der Waals surface area contributed by atoms with Crippen molar-refractivity contribution >= 4 is 11.3 Å². The van der Waals surface area contributed by atoms with E-state index in [-0.39, 0.29) is 6.04 Å². The van der Waals surface area contributed by atoms with Crippen molar-refractivity contribution < 1.29 is 0 Å². The van der Waals surface area contributed by atoms with Crippen molar-refractivity contribution in [3.63, 3.8) is 0 Å². The second-order valence-electron chi connectivity index (χ2n) is 4.68. The number of hydrogen-bond donors (Lipinski definition) is 2. The summed E-state index contributed by atoms with van der Waals surface area (Å²) in [5.41, 5.74) is 6.64. The molecule has 0 aliphatic carbocycles. The summed E-state index contributed by atoms with van der Waals surface area (Å²) >= 11 is 1.77. The monoisotopic (exact) mass is 278 g/mol. The minimum atomic E-state index is 0.163. The second-order valence-corrected chi connectivity index (χ2v) is 5.63. The van der Waals surface area contributed by atoms with E-state index in [0.29, 0.717) is 0 Å². The molecule has 104 valence electrons. The van der Waals surface area contributed by atoms with Crippen molar-refractivity contribution in [2.75, 3.05) is 0 Å². The van der Waals surface area contributed by atoms with Gasteiger partial charge < -0.3 is 0 Å². The Balaban J connectivity index is 2.23. The summed E-state index contributed by atoms with van der Waals surface area (Å²) in [6.45, 7) is 7.22. The molecule has 1 unspecified atom stereocenters. The molecule has 1 atom stereocenters. The number of aryl methyl sites for hydroxylation is 3. The van der Waals surface area contributed by atoms with Crippen LogP contribution >= 0.6 is 11.3 Å². The largest absolute Gasteiger partial charge is 0.271 e. The number of hydrogen-bond acceptors (Lipinski definition) is 4. The molecule has 2 heterocycles. The van der Waals surface area contributed by atoms with Crippen molar-refractivity contribution in [1.29, 1.82) is 0 Å². The Kier molecular flexibility index (Phi) is 4.74. The first-order valence-corrected chi connectivity index (χ1v) is 7.63. The van der Waals surface area contributed by atoms with E-state index in [1.165, 1.54) is 16.1 Å². The van der Waals surface area contributed by atoms with E-state index in [2.05, 4.69) is 46.6 Å². The quantitative estimate of drug-likeness (QED) is 0.631. The topological polar surface area (TPSA) is 55.9 Å². The highest BCUT2D eigenvalue weighted by Crippen LogP contribution is 2.27. The van der Waals surface area contributed by atoms with Crippen molar-refractivity contribution in [2.24, 2.45) is 5.84 Å². The number of aromatic nitrogens is 2. The summed E-state index contributed by atoms with van der Waals surface area (Å²) in [5, 5.41) is 6.63. The molecular formula is C14H22N4S. The Labute approximate surface area is 118 Å². The first-order chi connectivity index (χ1) is 9.19. The van der Waals surface area contributed by atoms with Crippen LogP contribution in [0.3, 0.4) is 0 Å². The van der Waals surface area contributed by atoms with Gasteiger partial charge in [0.15, 0.2) is 0 Å². The molecule has 19 heavy (non-hydrogen) atoms. The fourth-order valence-electron chi connectivity index (χ4n) is 2.42. The minimum Gasteiger partial charge on any atom is -0.271 e. The summed E-state index contributed by atoms with van der Waals surface area (Å²) in [6.07, 6.45) is 1.92. The molecule has 0 aromatic carbocycles. The predicted octanol–water partition coefficient (Wildman–Crippen LogP) is 2.58. The van der Waals surface area contributed by atoms with Gasteiger partial charge in [0, 0.05) is 23.5 Å². The summed E-state index contributed by atoms with van der Waals surface area (Å²) < 4.78 is 2.05. The van der Waals surface area contributed by atoms with Gasteiger partial charge in [-0.2, -0.15) is 5.10 Å². The van der Waals surface area contributed by atoms with E-state index in [1.807, 2.05) is 6.92 Å². The van der Waals surface area contributed by atoms with Crippen molar-refractivity contribution in [3.8, 4) is 0 Å². The average molecular weight is 278 g/mol. The lowest BCUT2D eigenvalue weighted by Crippen LogP contribution is -2.30. The molecular weight excluding hydrogens is 256 g/mol. The van der Waals surface area contributed by atoms with Crippen LogP contribution in [0.5, 0.6) is 0 Å². The highest BCUT2D eigenvalue weighted by atomic mass is 32.1. The zero-order chi connectivity index (χ0) is 13.8. The fraction of sp³-hybridized carbons (Fsp3) is 0.500. The first kappa shape index (κ1) is 14.2. The van der Waals surface area contributed by atoms with Gasteiger partial charge in [-0.15, -0.1) is 11.3 Å². The van der Waals surface area contributed by atoms with Crippen molar-refractivity contribution in [2.45, 2.75) is 46.2 Å². The molecule has 0 saturated carbocycles. The Morgan fingerprint density at radius 1 is 1.47 bits per heavy atom. The smallest absolute Gasteiger partial charge is 0.0611 e. The average Bonchev–Trinajstić information content (AvgIpc) is 3.01. The minimum absolute atomic E-state index is 0.163. The summed E-state index contributed by atoms with van der Waals surface area (Å²) in [5.74, 6) is 5.76. The molecule has 0 spiro atoms. The van der Waals surface area contributed by atoms with E-state index in [9.17, 15) is 0 Å². The van der Waals surface area contributed by atoms with Crippen LogP contribution in [-0.2, 0) is 19.4 Å². The van der Waals surface area contributed by atoms with Crippen molar-refractivity contribution in [1.82, 2.24) is 15.2 Å². The van der Waals surface area contributed by atoms with Crippen LogP contribution in [0.4, 0.5) is 0 Å². The molecule has 0 aliphatic rings. The molecule has 0 fully saturated rings. The van der Waals surface area contributed by atoms with E-state index in [1.54, 1.807) is 11.3 Å². The van der Waals surface area contributed by atoms with Crippen molar-refractivity contribution in [3.05, 3.63) is 39.3 Å². The van der Waals surface area contributed by atoms with E-state index < -0.39 is 0 Å². The number of rotatable bonds is 6.